The number of nitrogens with zero attached hydrogens (tertiary/aromatic N) is 1. The first-order chi connectivity index (χ1) is 15.4. The van der Waals surface area contributed by atoms with Gasteiger partial charge in [0.15, 0.2) is 0 Å². The maximum Gasteiger partial charge on any atom is 0.231 e. The minimum absolute atomic E-state index is 0.218. The first-order valence-corrected chi connectivity index (χ1v) is 10.8. The molecule has 0 saturated carbocycles. The normalized spacial score (nSPS) is 12.4. The van der Waals surface area contributed by atoms with Crippen LogP contribution in [0.15, 0.2) is 71.7 Å². The van der Waals surface area contributed by atoms with Crippen molar-refractivity contribution in [3.05, 3.63) is 93.5 Å². The lowest BCUT2D eigenvalue weighted by atomic mass is 9.94. The lowest BCUT2D eigenvalue weighted by Gasteiger charge is -2.18. The molecule has 6 nitrogen and oxygen atoms in total. The molecule has 0 bridgehead atoms. The van der Waals surface area contributed by atoms with Crippen LogP contribution in [0.5, 0.6) is 0 Å². The first kappa shape index (κ1) is 23.6. The molecule has 1 unspecified atom stereocenters. The van der Waals surface area contributed by atoms with E-state index < -0.39 is 5.92 Å². The molecule has 166 valence electrons. The van der Waals surface area contributed by atoms with Crippen molar-refractivity contribution in [1.29, 1.82) is 0 Å². The van der Waals surface area contributed by atoms with Crippen molar-refractivity contribution in [2.75, 3.05) is 17.6 Å². The molecule has 0 aromatic heterocycles. The van der Waals surface area contributed by atoms with Crippen molar-refractivity contribution in [2.45, 2.75) is 18.9 Å². The highest BCUT2D eigenvalue weighted by Crippen LogP contribution is 2.29. The third-order valence-corrected chi connectivity index (χ3v) is 5.73. The lowest BCUT2D eigenvalue weighted by Crippen LogP contribution is -2.24. The number of rotatable bonds is 8. The molecule has 3 aromatic carbocycles. The van der Waals surface area contributed by atoms with Crippen LogP contribution in [0.1, 0.15) is 29.0 Å². The molecule has 3 aromatic rings. The molecule has 0 aliphatic rings. The van der Waals surface area contributed by atoms with Gasteiger partial charge >= 0.3 is 0 Å². The van der Waals surface area contributed by atoms with Crippen LogP contribution in [-0.4, -0.2) is 18.3 Å². The van der Waals surface area contributed by atoms with Gasteiger partial charge in [-0.1, -0.05) is 59.6 Å². The Morgan fingerprint density at radius 1 is 1.00 bits per heavy atom. The number of amides is 1. The summed E-state index contributed by atoms with van der Waals surface area (Å²) in [7, 11) is 0. The average Bonchev–Trinajstić information content (AvgIpc) is 2.79. The maximum absolute atomic E-state index is 13.0. The molecular weight excluding hydrogens is 445 g/mol. The smallest absolute Gasteiger partial charge is 0.231 e. The number of nitrogen functional groups attached to an aromatic ring is 1. The molecular formula is C24H25Cl2N5O. The highest BCUT2D eigenvalue weighted by atomic mass is 35.5. The van der Waals surface area contributed by atoms with Crippen LogP contribution < -0.4 is 22.5 Å². The predicted octanol–water partition coefficient (Wildman–Crippen LogP) is 4.55. The van der Waals surface area contributed by atoms with Crippen molar-refractivity contribution in [2.24, 2.45) is 16.5 Å². The average molecular weight is 470 g/mol. The van der Waals surface area contributed by atoms with Gasteiger partial charge < -0.3 is 22.5 Å². The van der Waals surface area contributed by atoms with Crippen LogP contribution in [-0.2, 0) is 11.3 Å². The Hall–Kier alpha value is -3.06. The van der Waals surface area contributed by atoms with Crippen molar-refractivity contribution in [3.8, 4) is 0 Å². The fraction of sp³-hybridized carbons (Fsp3) is 0.167. The summed E-state index contributed by atoms with van der Waals surface area (Å²) in [5.41, 5.74) is 21.4. The van der Waals surface area contributed by atoms with Gasteiger partial charge in [-0.25, -0.2) is 0 Å². The molecule has 32 heavy (non-hydrogen) atoms. The highest BCUT2D eigenvalue weighted by molar-refractivity contribution is 6.42. The second-order valence-corrected chi connectivity index (χ2v) is 8.10. The van der Waals surface area contributed by atoms with Gasteiger partial charge in [0.2, 0.25) is 5.91 Å². The van der Waals surface area contributed by atoms with E-state index >= 15 is 0 Å². The van der Waals surface area contributed by atoms with Crippen molar-refractivity contribution < 1.29 is 4.79 Å². The first-order valence-electron chi connectivity index (χ1n) is 10.1. The number of halogens is 2. The minimum Gasteiger partial charge on any atom is -0.398 e. The zero-order valence-electron chi connectivity index (χ0n) is 17.4. The van der Waals surface area contributed by atoms with Crippen molar-refractivity contribution >= 4 is 46.3 Å². The van der Waals surface area contributed by atoms with E-state index in [1.54, 1.807) is 36.4 Å². The fourth-order valence-corrected chi connectivity index (χ4v) is 3.58. The number of hydrogen-bond acceptors (Lipinski definition) is 4. The Balaban J connectivity index is 1.80. The Morgan fingerprint density at radius 2 is 1.75 bits per heavy atom. The second-order valence-electron chi connectivity index (χ2n) is 7.28. The van der Waals surface area contributed by atoms with E-state index in [0.717, 1.165) is 11.1 Å². The molecule has 0 aliphatic heterocycles. The van der Waals surface area contributed by atoms with Gasteiger partial charge in [0.25, 0.3) is 0 Å². The van der Waals surface area contributed by atoms with Crippen LogP contribution >= 0.6 is 23.2 Å². The fourth-order valence-electron chi connectivity index (χ4n) is 3.28. The molecule has 0 radical (unpaired) electrons. The monoisotopic (exact) mass is 469 g/mol. The number of anilines is 2. The number of nitrogens with one attached hydrogen (secondary N) is 1. The SMILES string of the molecule is NCCC(C(=O)Nc1ccc(N)c(C(N)=NCc2ccccc2)c1)c1ccc(Cl)c(Cl)c1. The number of carbonyl (C=O) groups is 1. The topological polar surface area (TPSA) is 120 Å². The van der Waals surface area contributed by atoms with Gasteiger partial charge in [0.1, 0.15) is 5.84 Å². The molecule has 1 atom stereocenters. The number of carbonyl (C=O) groups excluding carboxylic acids is 1. The van der Waals surface area contributed by atoms with Crippen molar-refractivity contribution in [1.82, 2.24) is 0 Å². The van der Waals surface area contributed by atoms with Crippen LogP contribution in [0.2, 0.25) is 10.0 Å². The minimum atomic E-state index is -0.486. The molecule has 0 aliphatic carbocycles. The van der Waals surface area contributed by atoms with Gasteiger partial charge in [0, 0.05) is 16.9 Å². The predicted molar refractivity (Wildman–Crippen MR) is 133 cm³/mol. The Kier molecular flexibility index (Phi) is 8.11. The van der Waals surface area contributed by atoms with Crippen LogP contribution in [0.3, 0.4) is 0 Å². The third kappa shape index (κ3) is 6.01. The number of aliphatic imine (C=N–C) groups is 1. The molecule has 8 heteroatoms. The van der Waals surface area contributed by atoms with E-state index in [0.29, 0.717) is 52.3 Å². The number of hydrogen-bond donors (Lipinski definition) is 4. The van der Waals surface area contributed by atoms with Gasteiger partial charge in [-0.05, 0) is 54.4 Å². The largest absolute Gasteiger partial charge is 0.398 e. The lowest BCUT2D eigenvalue weighted by molar-refractivity contribution is -0.117. The van der Waals surface area contributed by atoms with E-state index in [1.807, 2.05) is 30.3 Å². The highest BCUT2D eigenvalue weighted by Gasteiger charge is 2.21. The van der Waals surface area contributed by atoms with E-state index in [2.05, 4.69) is 10.3 Å². The summed E-state index contributed by atoms with van der Waals surface area (Å²) in [6, 6.07) is 20.0. The Morgan fingerprint density at radius 3 is 2.44 bits per heavy atom. The van der Waals surface area contributed by atoms with Crippen LogP contribution in [0.25, 0.3) is 0 Å². The molecule has 0 heterocycles. The number of amidine groups is 1. The summed E-state index contributed by atoms with van der Waals surface area (Å²) in [5.74, 6) is -0.408. The second kappa shape index (κ2) is 11.0. The Labute approximate surface area is 197 Å². The van der Waals surface area contributed by atoms with Gasteiger partial charge in [-0.2, -0.15) is 0 Å². The quantitative estimate of drug-likeness (QED) is 0.219. The van der Waals surface area contributed by atoms with Crippen LogP contribution in [0, 0.1) is 0 Å². The standard InChI is InChI=1S/C24H25Cl2N5O/c25-20-8-6-16(12-21(20)26)18(10-11-27)24(32)31-17-7-9-22(28)19(13-17)23(29)30-14-15-4-2-1-3-5-15/h1-9,12-13,18H,10-11,14,27-28H2,(H2,29,30)(H,31,32). The van der Waals surface area contributed by atoms with Crippen LogP contribution in [0.4, 0.5) is 11.4 Å². The number of benzene rings is 3. The zero-order valence-corrected chi connectivity index (χ0v) is 18.9. The molecule has 0 fully saturated rings. The van der Waals surface area contributed by atoms with E-state index in [9.17, 15) is 4.79 Å². The van der Waals surface area contributed by atoms with Gasteiger partial charge in [-0.15, -0.1) is 0 Å². The summed E-state index contributed by atoms with van der Waals surface area (Å²) in [5, 5.41) is 3.73. The zero-order chi connectivity index (χ0) is 23.1. The summed E-state index contributed by atoms with van der Waals surface area (Å²) in [6.07, 6.45) is 0.451. The van der Waals surface area contributed by atoms with E-state index in [4.69, 9.17) is 40.4 Å². The molecule has 3 rings (SSSR count). The summed E-state index contributed by atoms with van der Waals surface area (Å²) >= 11 is 12.1. The van der Waals surface area contributed by atoms with Gasteiger partial charge in [0.05, 0.1) is 22.5 Å². The summed E-state index contributed by atoms with van der Waals surface area (Å²) < 4.78 is 0. The summed E-state index contributed by atoms with van der Waals surface area (Å²) in [6.45, 7) is 0.767. The van der Waals surface area contributed by atoms with E-state index in [1.165, 1.54) is 0 Å². The van der Waals surface area contributed by atoms with Crippen molar-refractivity contribution in [3.63, 3.8) is 0 Å². The summed E-state index contributed by atoms with van der Waals surface area (Å²) in [4.78, 5) is 17.5. The third-order valence-electron chi connectivity index (χ3n) is 4.99. The van der Waals surface area contributed by atoms with Gasteiger partial charge in [-0.3, -0.25) is 9.79 Å². The maximum atomic E-state index is 13.0. The molecule has 0 spiro atoms. The number of nitrogens with two attached hydrogens (primary N) is 3. The molecule has 0 saturated heterocycles. The van der Waals surface area contributed by atoms with E-state index in [-0.39, 0.29) is 5.91 Å². The molecule has 7 N–H and O–H groups in total. The Bertz CT molecular complexity index is 1120. The molecule has 1 amide bonds.